The molecule has 0 spiro atoms. The third kappa shape index (κ3) is 6.10. The molecule has 0 radical (unpaired) electrons. The summed E-state index contributed by atoms with van der Waals surface area (Å²) in [4.78, 5) is 37.3. The number of ketones is 1. The van der Waals surface area contributed by atoms with Crippen molar-refractivity contribution in [3.8, 4) is 11.5 Å². The summed E-state index contributed by atoms with van der Waals surface area (Å²) in [6.45, 7) is 3.01. The topological polar surface area (TPSA) is 95.9 Å². The lowest BCUT2D eigenvalue weighted by Crippen LogP contribution is -2.25. The predicted octanol–water partition coefficient (Wildman–Crippen LogP) is 4.60. The van der Waals surface area contributed by atoms with E-state index in [1.54, 1.807) is 56.3 Å². The minimum Gasteiger partial charge on any atom is -0.493 e. The molecule has 1 aromatic heterocycles. The van der Waals surface area contributed by atoms with E-state index >= 15 is 0 Å². The van der Waals surface area contributed by atoms with E-state index in [9.17, 15) is 14.4 Å². The van der Waals surface area contributed by atoms with Crippen molar-refractivity contribution in [2.75, 3.05) is 26.3 Å². The standard InChI is InChI=1S/C26H25ClN2O6/c1-16-12-20(17(2)29(16)28-26(32)19-8-6-5-7-9-19)22(30)15-35-24(31)11-10-18-13-21(27)25(34-4)23(14-18)33-3/h5-14H,15H2,1-4H3,(H,28,32)/b11-10+. The molecule has 2 aromatic carbocycles. The van der Waals surface area contributed by atoms with Gasteiger partial charge in [0.1, 0.15) is 0 Å². The predicted molar refractivity (Wildman–Crippen MR) is 133 cm³/mol. The Morgan fingerprint density at radius 3 is 2.40 bits per heavy atom. The maximum Gasteiger partial charge on any atom is 0.331 e. The third-order valence-electron chi connectivity index (χ3n) is 5.19. The minimum atomic E-state index is -0.699. The number of rotatable bonds is 9. The van der Waals surface area contributed by atoms with Crippen molar-refractivity contribution >= 4 is 35.3 Å². The zero-order chi connectivity index (χ0) is 25.5. The number of aromatic nitrogens is 1. The molecule has 8 nitrogen and oxygen atoms in total. The summed E-state index contributed by atoms with van der Waals surface area (Å²) in [5, 5.41) is 0.324. The first-order valence-corrected chi connectivity index (χ1v) is 11.0. The Labute approximate surface area is 208 Å². The summed E-state index contributed by atoms with van der Waals surface area (Å²) in [5.74, 6) is -0.599. The zero-order valence-electron chi connectivity index (χ0n) is 19.8. The second kappa shape index (κ2) is 11.4. The fraction of sp³-hybridized carbons (Fsp3) is 0.192. The van der Waals surface area contributed by atoms with Crippen LogP contribution in [0.3, 0.4) is 0 Å². The molecular weight excluding hydrogens is 472 g/mol. The van der Waals surface area contributed by atoms with E-state index in [-0.39, 0.29) is 5.91 Å². The number of nitrogens with zero attached hydrogens (tertiary/aromatic N) is 1. The van der Waals surface area contributed by atoms with Crippen molar-refractivity contribution < 1.29 is 28.6 Å². The van der Waals surface area contributed by atoms with Gasteiger partial charge in [0.15, 0.2) is 18.1 Å². The molecule has 182 valence electrons. The van der Waals surface area contributed by atoms with Crippen molar-refractivity contribution in [3.05, 3.63) is 87.7 Å². The highest BCUT2D eigenvalue weighted by molar-refractivity contribution is 6.32. The van der Waals surface area contributed by atoms with Gasteiger partial charge < -0.3 is 14.2 Å². The van der Waals surface area contributed by atoms with Crippen LogP contribution in [0.1, 0.15) is 37.7 Å². The fourth-order valence-electron chi connectivity index (χ4n) is 3.43. The number of methoxy groups -OCH3 is 2. The lowest BCUT2D eigenvalue weighted by molar-refractivity contribution is -0.136. The van der Waals surface area contributed by atoms with E-state index in [4.69, 9.17) is 25.8 Å². The van der Waals surface area contributed by atoms with Gasteiger partial charge in [-0.3, -0.25) is 19.7 Å². The molecule has 9 heteroatoms. The molecule has 1 heterocycles. The van der Waals surface area contributed by atoms with Gasteiger partial charge in [-0.15, -0.1) is 0 Å². The molecule has 0 aliphatic heterocycles. The highest BCUT2D eigenvalue weighted by Crippen LogP contribution is 2.36. The van der Waals surface area contributed by atoms with Crippen LogP contribution in [0.5, 0.6) is 11.5 Å². The Bertz CT molecular complexity index is 1280. The number of hydrogen-bond donors (Lipinski definition) is 1. The van der Waals surface area contributed by atoms with Crippen LogP contribution in [0.15, 0.2) is 54.6 Å². The number of benzene rings is 2. The summed E-state index contributed by atoms with van der Waals surface area (Å²) in [5.41, 5.74) is 5.39. The molecular formula is C26H25ClN2O6. The molecule has 0 aliphatic carbocycles. The largest absolute Gasteiger partial charge is 0.493 e. The molecule has 1 amide bonds. The first-order valence-electron chi connectivity index (χ1n) is 10.6. The Morgan fingerprint density at radius 1 is 1.03 bits per heavy atom. The maximum absolute atomic E-state index is 12.7. The summed E-state index contributed by atoms with van der Waals surface area (Å²) < 4.78 is 17.1. The molecule has 0 bridgehead atoms. The first kappa shape index (κ1) is 25.6. The second-order valence-electron chi connectivity index (χ2n) is 7.53. The van der Waals surface area contributed by atoms with Gasteiger partial charge in [0.05, 0.1) is 19.2 Å². The third-order valence-corrected chi connectivity index (χ3v) is 5.47. The van der Waals surface area contributed by atoms with Gasteiger partial charge in [-0.1, -0.05) is 29.8 Å². The van der Waals surface area contributed by atoms with Gasteiger partial charge in [-0.2, -0.15) is 0 Å². The van der Waals surface area contributed by atoms with E-state index in [1.165, 1.54) is 31.0 Å². The van der Waals surface area contributed by atoms with Crippen LogP contribution in [0, 0.1) is 13.8 Å². The van der Waals surface area contributed by atoms with Gasteiger partial charge in [-0.05, 0) is 55.8 Å². The number of amides is 1. The number of Topliss-reactive ketones (excluding diaryl/α,β-unsaturated/α-hetero) is 1. The summed E-state index contributed by atoms with van der Waals surface area (Å²) in [7, 11) is 2.95. The molecule has 0 unspecified atom stereocenters. The van der Waals surface area contributed by atoms with Crippen LogP contribution in [0.25, 0.3) is 6.08 Å². The van der Waals surface area contributed by atoms with Crippen LogP contribution >= 0.6 is 11.6 Å². The van der Waals surface area contributed by atoms with Crippen molar-refractivity contribution in [1.29, 1.82) is 0 Å². The lowest BCUT2D eigenvalue weighted by Gasteiger charge is -2.11. The van der Waals surface area contributed by atoms with E-state index < -0.39 is 18.4 Å². The number of ether oxygens (including phenoxy) is 3. The minimum absolute atomic E-state index is 0.307. The SMILES string of the molecule is COc1cc(/C=C/C(=O)OCC(=O)c2cc(C)n(NC(=O)c3ccccc3)c2C)cc(Cl)c1OC. The highest BCUT2D eigenvalue weighted by Gasteiger charge is 2.18. The maximum atomic E-state index is 12.7. The number of aryl methyl sites for hydroxylation is 1. The van der Waals surface area contributed by atoms with Crippen molar-refractivity contribution in [2.24, 2.45) is 0 Å². The molecule has 0 aliphatic rings. The van der Waals surface area contributed by atoms with Gasteiger partial charge in [0, 0.05) is 28.6 Å². The molecule has 0 atom stereocenters. The van der Waals surface area contributed by atoms with Gasteiger partial charge in [0.2, 0.25) is 5.78 Å². The molecule has 0 saturated heterocycles. The van der Waals surface area contributed by atoms with Crippen molar-refractivity contribution in [1.82, 2.24) is 4.68 Å². The zero-order valence-corrected chi connectivity index (χ0v) is 20.5. The average Bonchev–Trinajstić information content (AvgIpc) is 3.14. The number of nitrogens with one attached hydrogen (secondary N) is 1. The number of esters is 1. The number of halogens is 1. The number of hydrogen-bond acceptors (Lipinski definition) is 6. The Hall–Kier alpha value is -4.04. The van der Waals surface area contributed by atoms with E-state index in [2.05, 4.69) is 5.43 Å². The van der Waals surface area contributed by atoms with E-state index in [0.717, 1.165) is 0 Å². The van der Waals surface area contributed by atoms with Crippen molar-refractivity contribution in [2.45, 2.75) is 13.8 Å². The highest BCUT2D eigenvalue weighted by atomic mass is 35.5. The molecule has 35 heavy (non-hydrogen) atoms. The Kier molecular flexibility index (Phi) is 8.33. The van der Waals surface area contributed by atoms with E-state index in [1.807, 2.05) is 6.07 Å². The molecule has 0 fully saturated rings. The van der Waals surface area contributed by atoms with Gasteiger partial charge in [0.25, 0.3) is 5.91 Å². The quantitative estimate of drug-likeness (QED) is 0.264. The monoisotopic (exact) mass is 496 g/mol. The second-order valence-corrected chi connectivity index (χ2v) is 7.94. The molecule has 0 saturated carbocycles. The van der Waals surface area contributed by atoms with Crippen LogP contribution in [0.2, 0.25) is 5.02 Å². The summed E-state index contributed by atoms with van der Waals surface area (Å²) in [6, 6.07) is 13.6. The van der Waals surface area contributed by atoms with Crippen LogP contribution in [-0.2, 0) is 9.53 Å². The summed E-state index contributed by atoms with van der Waals surface area (Å²) >= 11 is 6.17. The van der Waals surface area contributed by atoms with Crippen molar-refractivity contribution in [3.63, 3.8) is 0 Å². The first-order chi connectivity index (χ1) is 16.7. The van der Waals surface area contributed by atoms with Gasteiger partial charge >= 0.3 is 5.97 Å². The number of carbonyl (C=O) groups excluding carboxylic acids is 3. The molecule has 3 aromatic rings. The normalized spacial score (nSPS) is 10.8. The molecule has 3 rings (SSSR count). The number of carbonyl (C=O) groups is 3. The Balaban J connectivity index is 1.63. The fourth-order valence-corrected chi connectivity index (χ4v) is 3.73. The smallest absolute Gasteiger partial charge is 0.331 e. The van der Waals surface area contributed by atoms with Crippen LogP contribution < -0.4 is 14.9 Å². The molecule has 1 N–H and O–H groups in total. The summed E-state index contributed by atoms with van der Waals surface area (Å²) in [6.07, 6.45) is 2.68. The van der Waals surface area contributed by atoms with Gasteiger partial charge in [-0.25, -0.2) is 4.79 Å². The van der Waals surface area contributed by atoms with Crippen LogP contribution in [0.4, 0.5) is 0 Å². The Morgan fingerprint density at radius 2 is 1.74 bits per heavy atom. The van der Waals surface area contributed by atoms with E-state index in [0.29, 0.717) is 44.6 Å². The lowest BCUT2D eigenvalue weighted by atomic mass is 10.1. The van der Waals surface area contributed by atoms with Crippen LogP contribution in [-0.4, -0.2) is 43.2 Å². The average molecular weight is 497 g/mol.